The molecular formula is C18H21N3OS. The molecule has 0 saturated heterocycles. The first-order chi connectivity index (χ1) is 11.0. The molecule has 0 amide bonds. The average molecular weight is 327 g/mol. The zero-order chi connectivity index (χ0) is 16.8. The molecule has 0 unspecified atom stereocenters. The number of thioether (sulfide) groups is 1. The monoisotopic (exact) mass is 327 g/mol. The quantitative estimate of drug-likeness (QED) is 0.710. The minimum atomic E-state index is 0.316. The van der Waals surface area contributed by atoms with Crippen LogP contribution in [0.15, 0.2) is 53.4 Å². The number of anilines is 2. The van der Waals surface area contributed by atoms with Gasteiger partial charge in [-0.15, -0.1) is 0 Å². The van der Waals surface area contributed by atoms with Crippen LogP contribution in [0.25, 0.3) is 5.57 Å². The molecule has 4 nitrogen and oxygen atoms in total. The Bertz CT molecular complexity index is 741. The van der Waals surface area contributed by atoms with Crippen LogP contribution in [-0.4, -0.2) is 17.1 Å². The summed E-state index contributed by atoms with van der Waals surface area (Å²) in [6, 6.07) is 11.3. The summed E-state index contributed by atoms with van der Waals surface area (Å²) in [5.74, 6) is 1.87. The summed E-state index contributed by atoms with van der Waals surface area (Å²) >= 11 is 1.51. The topological polar surface area (TPSA) is 57.2 Å². The van der Waals surface area contributed by atoms with E-state index in [4.69, 9.17) is 0 Å². The molecule has 0 aliphatic carbocycles. The van der Waals surface area contributed by atoms with Crippen LogP contribution in [0.5, 0.6) is 5.75 Å². The van der Waals surface area contributed by atoms with Crippen molar-refractivity contribution in [3.8, 4) is 5.75 Å². The lowest BCUT2D eigenvalue weighted by Gasteiger charge is -2.09. The Kier molecular flexibility index (Phi) is 5.71. The van der Waals surface area contributed by atoms with E-state index in [-0.39, 0.29) is 0 Å². The number of allylic oxidation sites excluding steroid dienone is 1. The fraction of sp³-hybridized carbons (Fsp3) is 0.167. The summed E-state index contributed by atoms with van der Waals surface area (Å²) in [5, 5.41) is 18.6. The minimum absolute atomic E-state index is 0.316. The first-order valence-corrected chi connectivity index (χ1v) is 8.11. The fourth-order valence-electron chi connectivity index (χ4n) is 1.94. The van der Waals surface area contributed by atoms with Crippen LogP contribution in [0.3, 0.4) is 0 Å². The van der Waals surface area contributed by atoms with E-state index in [2.05, 4.69) is 22.2 Å². The zero-order valence-electron chi connectivity index (χ0n) is 13.6. The Labute approximate surface area is 141 Å². The summed E-state index contributed by atoms with van der Waals surface area (Å²) in [6.45, 7) is 7.93. The van der Waals surface area contributed by atoms with Crippen molar-refractivity contribution in [1.29, 1.82) is 0 Å². The van der Waals surface area contributed by atoms with Gasteiger partial charge in [-0.2, -0.15) is 0 Å². The molecule has 2 rings (SSSR count). The maximum Gasteiger partial charge on any atom is 0.133 e. The van der Waals surface area contributed by atoms with Gasteiger partial charge in [-0.1, -0.05) is 30.5 Å². The summed E-state index contributed by atoms with van der Waals surface area (Å²) in [6.07, 6.45) is 0. The predicted molar refractivity (Wildman–Crippen MR) is 101 cm³/mol. The maximum atomic E-state index is 9.59. The number of pyridine rings is 1. The first kappa shape index (κ1) is 17.0. The van der Waals surface area contributed by atoms with Crippen molar-refractivity contribution in [3.63, 3.8) is 0 Å². The summed E-state index contributed by atoms with van der Waals surface area (Å²) in [7, 11) is 1.83. The van der Waals surface area contributed by atoms with Gasteiger partial charge < -0.3 is 15.7 Å². The number of rotatable bonds is 6. The second-order valence-corrected chi connectivity index (χ2v) is 6.09. The number of nitrogens with one attached hydrogen (secondary N) is 2. The average Bonchev–Trinajstić information content (AvgIpc) is 2.55. The highest BCUT2D eigenvalue weighted by atomic mass is 32.2. The SMILES string of the molecule is C=C(Nc1cccc(NC)n1)S/C=C(\C)c1ccc(O)c(C)c1. The standard InChI is InChI=1S/C18H21N3OS/c1-12-10-15(8-9-16(12)22)13(2)11-23-14(3)20-18-7-5-6-17(19-4)21-18/h5-11,22H,3H2,1-2,4H3,(H2,19,20,21)/b13-11+. The molecular weight excluding hydrogens is 306 g/mol. The number of aryl methyl sites for hydroxylation is 1. The Hall–Kier alpha value is -2.40. The van der Waals surface area contributed by atoms with E-state index >= 15 is 0 Å². The van der Waals surface area contributed by atoms with Gasteiger partial charge in [0.1, 0.15) is 17.4 Å². The number of aromatic nitrogens is 1. The lowest BCUT2D eigenvalue weighted by molar-refractivity contribution is 0.471. The van der Waals surface area contributed by atoms with Gasteiger partial charge in [0.25, 0.3) is 0 Å². The molecule has 0 aliphatic rings. The summed E-state index contributed by atoms with van der Waals surface area (Å²) in [4.78, 5) is 4.39. The van der Waals surface area contributed by atoms with Crippen LogP contribution >= 0.6 is 11.8 Å². The highest BCUT2D eigenvalue weighted by Crippen LogP contribution is 2.26. The lowest BCUT2D eigenvalue weighted by atomic mass is 10.1. The van der Waals surface area contributed by atoms with Crippen molar-refractivity contribution < 1.29 is 5.11 Å². The number of hydrogen-bond donors (Lipinski definition) is 3. The molecule has 0 bridgehead atoms. The van der Waals surface area contributed by atoms with Gasteiger partial charge in [0.15, 0.2) is 0 Å². The molecule has 0 atom stereocenters. The van der Waals surface area contributed by atoms with E-state index in [0.29, 0.717) is 5.75 Å². The number of phenolic OH excluding ortho intramolecular Hbond substituents is 1. The van der Waals surface area contributed by atoms with Crippen LogP contribution in [0, 0.1) is 6.92 Å². The van der Waals surface area contributed by atoms with Crippen molar-refractivity contribution in [2.75, 3.05) is 17.7 Å². The number of aromatic hydroxyl groups is 1. The molecule has 0 radical (unpaired) electrons. The molecule has 0 fully saturated rings. The number of hydrogen-bond acceptors (Lipinski definition) is 5. The summed E-state index contributed by atoms with van der Waals surface area (Å²) in [5.41, 5.74) is 3.05. The lowest BCUT2D eigenvalue weighted by Crippen LogP contribution is -1.99. The molecule has 0 spiro atoms. The molecule has 1 heterocycles. The van der Waals surface area contributed by atoms with Gasteiger partial charge in [0, 0.05) is 7.05 Å². The minimum Gasteiger partial charge on any atom is -0.508 e. The number of benzene rings is 1. The third-order valence-electron chi connectivity index (χ3n) is 3.30. The predicted octanol–water partition coefficient (Wildman–Crippen LogP) is 4.81. The van der Waals surface area contributed by atoms with Crippen molar-refractivity contribution in [2.24, 2.45) is 0 Å². The van der Waals surface area contributed by atoms with Gasteiger partial charge >= 0.3 is 0 Å². The van der Waals surface area contributed by atoms with Gasteiger partial charge in [0.05, 0.1) is 5.03 Å². The Morgan fingerprint density at radius 1 is 1.26 bits per heavy atom. The molecule has 0 saturated carbocycles. The number of nitrogens with zero attached hydrogens (tertiary/aromatic N) is 1. The molecule has 1 aromatic carbocycles. The van der Waals surface area contributed by atoms with Crippen molar-refractivity contribution in [2.45, 2.75) is 13.8 Å². The Balaban J connectivity index is 2.00. The third kappa shape index (κ3) is 4.79. The van der Waals surface area contributed by atoms with E-state index < -0.39 is 0 Å². The second-order valence-electron chi connectivity index (χ2n) is 5.13. The highest BCUT2D eigenvalue weighted by molar-refractivity contribution is 8.06. The van der Waals surface area contributed by atoms with Crippen LogP contribution < -0.4 is 10.6 Å². The van der Waals surface area contributed by atoms with E-state index in [9.17, 15) is 5.11 Å². The van der Waals surface area contributed by atoms with Crippen molar-refractivity contribution >= 4 is 29.0 Å². The van der Waals surface area contributed by atoms with E-state index in [1.165, 1.54) is 11.8 Å². The number of phenols is 1. The van der Waals surface area contributed by atoms with E-state index in [1.807, 2.05) is 56.6 Å². The van der Waals surface area contributed by atoms with Crippen LogP contribution in [0.4, 0.5) is 11.6 Å². The molecule has 5 heteroatoms. The Morgan fingerprint density at radius 2 is 2.00 bits per heavy atom. The Morgan fingerprint density at radius 3 is 2.70 bits per heavy atom. The third-order valence-corrected chi connectivity index (χ3v) is 4.16. The maximum absolute atomic E-state index is 9.59. The van der Waals surface area contributed by atoms with Gasteiger partial charge in [-0.25, -0.2) is 4.98 Å². The second kappa shape index (κ2) is 7.74. The molecule has 0 aliphatic heterocycles. The van der Waals surface area contributed by atoms with Crippen LogP contribution in [-0.2, 0) is 0 Å². The molecule has 23 heavy (non-hydrogen) atoms. The first-order valence-electron chi connectivity index (χ1n) is 7.23. The summed E-state index contributed by atoms with van der Waals surface area (Å²) < 4.78 is 0. The molecule has 120 valence electrons. The largest absolute Gasteiger partial charge is 0.508 e. The van der Waals surface area contributed by atoms with Gasteiger partial charge in [0.2, 0.25) is 0 Å². The molecule has 1 aromatic heterocycles. The van der Waals surface area contributed by atoms with Crippen LogP contribution in [0.2, 0.25) is 0 Å². The van der Waals surface area contributed by atoms with Gasteiger partial charge in [-0.3, -0.25) is 0 Å². The molecule has 3 N–H and O–H groups in total. The van der Waals surface area contributed by atoms with E-state index in [0.717, 1.165) is 33.4 Å². The smallest absolute Gasteiger partial charge is 0.133 e. The fourth-order valence-corrected chi connectivity index (χ4v) is 2.56. The zero-order valence-corrected chi connectivity index (χ0v) is 14.4. The normalized spacial score (nSPS) is 11.2. The molecule has 2 aromatic rings. The van der Waals surface area contributed by atoms with Crippen molar-refractivity contribution in [3.05, 3.63) is 64.5 Å². The van der Waals surface area contributed by atoms with Crippen molar-refractivity contribution in [1.82, 2.24) is 4.98 Å². The van der Waals surface area contributed by atoms with E-state index in [1.54, 1.807) is 6.07 Å². The highest BCUT2D eigenvalue weighted by Gasteiger charge is 2.02. The van der Waals surface area contributed by atoms with Crippen LogP contribution in [0.1, 0.15) is 18.1 Å². The van der Waals surface area contributed by atoms with Gasteiger partial charge in [-0.05, 0) is 60.2 Å².